The van der Waals surface area contributed by atoms with Crippen LogP contribution < -0.4 is 5.32 Å². The minimum atomic E-state index is -3.50. The number of sulfonamides is 1. The van der Waals surface area contributed by atoms with Gasteiger partial charge in [-0.05, 0) is 43.5 Å². The number of rotatable bonds is 16. The molecule has 0 unspecified atom stereocenters. The number of benzene rings is 1. The van der Waals surface area contributed by atoms with Gasteiger partial charge in [0, 0.05) is 25.2 Å². The van der Waals surface area contributed by atoms with E-state index in [9.17, 15) is 13.2 Å². The standard InChI is InChI=1S/C23H40N2O3S/c1-4-7-8-9-10-11-12-13-18-24-23(26)21-14-16-22(17-15-21)29(27,28)25(19-5-2)20-6-3/h14-17H,4-13,18-20H2,1-3H3,(H,24,26). The van der Waals surface area contributed by atoms with Gasteiger partial charge in [0.05, 0.1) is 4.90 Å². The first-order valence-electron chi connectivity index (χ1n) is 11.4. The maximum absolute atomic E-state index is 12.8. The van der Waals surface area contributed by atoms with Crippen molar-refractivity contribution in [1.29, 1.82) is 0 Å². The third-order valence-electron chi connectivity index (χ3n) is 5.02. The van der Waals surface area contributed by atoms with Crippen molar-refractivity contribution in [2.75, 3.05) is 19.6 Å². The van der Waals surface area contributed by atoms with Gasteiger partial charge in [-0.2, -0.15) is 4.31 Å². The molecule has 1 amide bonds. The molecule has 1 aromatic carbocycles. The quantitative estimate of drug-likeness (QED) is 0.363. The molecule has 0 aliphatic heterocycles. The number of hydrogen-bond donors (Lipinski definition) is 1. The van der Waals surface area contributed by atoms with Gasteiger partial charge >= 0.3 is 0 Å². The molecule has 6 heteroatoms. The summed E-state index contributed by atoms with van der Waals surface area (Å²) in [6, 6.07) is 6.29. The molecule has 29 heavy (non-hydrogen) atoms. The van der Waals surface area contributed by atoms with Crippen molar-refractivity contribution in [2.24, 2.45) is 0 Å². The van der Waals surface area contributed by atoms with E-state index in [2.05, 4.69) is 12.2 Å². The largest absolute Gasteiger partial charge is 0.352 e. The third-order valence-corrected chi connectivity index (χ3v) is 6.93. The molecular weight excluding hydrogens is 384 g/mol. The Bertz CT molecular complexity index is 666. The lowest BCUT2D eigenvalue weighted by atomic mass is 10.1. The van der Waals surface area contributed by atoms with Crippen LogP contribution in [-0.4, -0.2) is 38.3 Å². The summed E-state index contributed by atoms with van der Waals surface area (Å²) >= 11 is 0. The minimum Gasteiger partial charge on any atom is -0.352 e. The summed E-state index contributed by atoms with van der Waals surface area (Å²) in [5.41, 5.74) is 0.501. The first-order chi connectivity index (χ1) is 14.0. The molecule has 0 saturated carbocycles. The van der Waals surface area contributed by atoms with Gasteiger partial charge in [-0.1, -0.05) is 65.7 Å². The summed E-state index contributed by atoms with van der Waals surface area (Å²) in [6.45, 7) is 7.85. The number of hydrogen-bond acceptors (Lipinski definition) is 3. The first kappa shape index (κ1) is 25.6. The zero-order chi connectivity index (χ0) is 21.5. The van der Waals surface area contributed by atoms with E-state index in [1.165, 1.54) is 42.8 Å². The number of nitrogens with zero attached hydrogens (tertiary/aromatic N) is 1. The van der Waals surface area contributed by atoms with Crippen LogP contribution >= 0.6 is 0 Å². The van der Waals surface area contributed by atoms with E-state index in [1.807, 2.05) is 13.8 Å². The van der Waals surface area contributed by atoms with Gasteiger partial charge in [0.15, 0.2) is 0 Å². The average Bonchev–Trinajstić information content (AvgIpc) is 2.72. The molecule has 1 aromatic rings. The second-order valence-corrected chi connectivity index (χ2v) is 9.60. The Labute approximate surface area is 178 Å². The molecule has 0 atom stereocenters. The second kappa shape index (κ2) is 14.6. The molecule has 0 fully saturated rings. The molecule has 5 nitrogen and oxygen atoms in total. The van der Waals surface area contributed by atoms with Gasteiger partial charge < -0.3 is 5.32 Å². The number of carbonyl (C=O) groups is 1. The number of nitrogens with one attached hydrogen (secondary N) is 1. The summed E-state index contributed by atoms with van der Waals surface area (Å²) in [6.07, 6.45) is 11.4. The van der Waals surface area contributed by atoms with Crippen molar-refractivity contribution in [3.05, 3.63) is 29.8 Å². The Hall–Kier alpha value is -1.40. The molecule has 1 N–H and O–H groups in total. The van der Waals surface area contributed by atoms with E-state index >= 15 is 0 Å². The minimum absolute atomic E-state index is 0.143. The Morgan fingerprint density at radius 1 is 0.793 bits per heavy atom. The van der Waals surface area contributed by atoms with Gasteiger partial charge in [-0.25, -0.2) is 8.42 Å². The highest BCUT2D eigenvalue weighted by Gasteiger charge is 2.23. The van der Waals surface area contributed by atoms with Crippen LogP contribution in [0.15, 0.2) is 29.2 Å². The first-order valence-corrected chi connectivity index (χ1v) is 12.8. The molecule has 0 aromatic heterocycles. The lowest BCUT2D eigenvalue weighted by molar-refractivity contribution is 0.0953. The summed E-state index contributed by atoms with van der Waals surface area (Å²) < 4.78 is 27.1. The highest BCUT2D eigenvalue weighted by Crippen LogP contribution is 2.17. The van der Waals surface area contributed by atoms with Gasteiger partial charge in [0.1, 0.15) is 0 Å². The maximum Gasteiger partial charge on any atom is 0.251 e. The highest BCUT2D eigenvalue weighted by atomic mass is 32.2. The summed E-state index contributed by atoms with van der Waals surface area (Å²) in [5, 5.41) is 2.93. The number of unbranched alkanes of at least 4 members (excludes halogenated alkanes) is 7. The third kappa shape index (κ3) is 9.30. The van der Waals surface area contributed by atoms with Crippen LogP contribution in [0.4, 0.5) is 0 Å². The van der Waals surface area contributed by atoms with Crippen molar-refractivity contribution in [1.82, 2.24) is 9.62 Å². The topological polar surface area (TPSA) is 66.5 Å². The average molecular weight is 425 g/mol. The Morgan fingerprint density at radius 2 is 1.31 bits per heavy atom. The Kier molecular flexibility index (Phi) is 12.9. The van der Waals surface area contributed by atoms with E-state index in [1.54, 1.807) is 24.3 Å². The fourth-order valence-electron chi connectivity index (χ4n) is 3.34. The van der Waals surface area contributed by atoms with E-state index in [0.717, 1.165) is 25.7 Å². The van der Waals surface area contributed by atoms with Crippen LogP contribution in [-0.2, 0) is 10.0 Å². The van der Waals surface area contributed by atoms with Crippen LogP contribution in [0.5, 0.6) is 0 Å². The van der Waals surface area contributed by atoms with Crippen LogP contribution in [0.1, 0.15) is 95.3 Å². The van der Waals surface area contributed by atoms with Crippen molar-refractivity contribution < 1.29 is 13.2 Å². The fourth-order valence-corrected chi connectivity index (χ4v) is 4.97. The maximum atomic E-state index is 12.8. The fraction of sp³-hybridized carbons (Fsp3) is 0.696. The molecule has 0 saturated heterocycles. The molecule has 166 valence electrons. The van der Waals surface area contributed by atoms with Gasteiger partial charge in [-0.3, -0.25) is 4.79 Å². The van der Waals surface area contributed by atoms with Crippen molar-refractivity contribution in [2.45, 2.75) is 89.9 Å². The monoisotopic (exact) mass is 424 g/mol. The van der Waals surface area contributed by atoms with E-state index in [0.29, 0.717) is 25.2 Å². The molecule has 0 aliphatic rings. The van der Waals surface area contributed by atoms with Crippen LogP contribution in [0, 0.1) is 0 Å². The van der Waals surface area contributed by atoms with Gasteiger partial charge in [-0.15, -0.1) is 0 Å². The van der Waals surface area contributed by atoms with E-state index in [4.69, 9.17) is 0 Å². The lowest BCUT2D eigenvalue weighted by Gasteiger charge is -2.21. The number of carbonyl (C=O) groups excluding carboxylic acids is 1. The Balaban J connectivity index is 2.45. The molecular formula is C23H40N2O3S. The molecule has 1 rings (SSSR count). The van der Waals surface area contributed by atoms with Gasteiger partial charge in [0.25, 0.3) is 5.91 Å². The van der Waals surface area contributed by atoms with Crippen LogP contribution in [0.2, 0.25) is 0 Å². The SMILES string of the molecule is CCCCCCCCCCNC(=O)c1ccc(S(=O)(=O)N(CCC)CCC)cc1. The van der Waals surface area contributed by atoms with Crippen molar-refractivity contribution in [3.63, 3.8) is 0 Å². The zero-order valence-corrected chi connectivity index (χ0v) is 19.4. The molecule has 0 spiro atoms. The van der Waals surface area contributed by atoms with Gasteiger partial charge in [0.2, 0.25) is 10.0 Å². The van der Waals surface area contributed by atoms with Crippen molar-refractivity contribution in [3.8, 4) is 0 Å². The van der Waals surface area contributed by atoms with Crippen LogP contribution in [0.25, 0.3) is 0 Å². The Morgan fingerprint density at radius 3 is 1.83 bits per heavy atom. The van der Waals surface area contributed by atoms with Crippen molar-refractivity contribution >= 4 is 15.9 Å². The predicted molar refractivity (Wildman–Crippen MR) is 121 cm³/mol. The molecule has 0 aliphatic carbocycles. The zero-order valence-electron chi connectivity index (χ0n) is 18.6. The summed E-state index contributed by atoms with van der Waals surface area (Å²) in [7, 11) is -3.50. The predicted octanol–water partition coefficient (Wildman–Crippen LogP) is 5.37. The second-order valence-electron chi connectivity index (χ2n) is 7.66. The van der Waals surface area contributed by atoms with E-state index in [-0.39, 0.29) is 10.8 Å². The smallest absolute Gasteiger partial charge is 0.251 e. The molecule has 0 bridgehead atoms. The van der Waals surface area contributed by atoms with E-state index < -0.39 is 10.0 Å². The molecule has 0 radical (unpaired) electrons. The van der Waals surface area contributed by atoms with Crippen LogP contribution in [0.3, 0.4) is 0 Å². The summed E-state index contributed by atoms with van der Waals surface area (Å²) in [5.74, 6) is -0.143. The highest BCUT2D eigenvalue weighted by molar-refractivity contribution is 7.89. The number of amides is 1. The molecule has 0 heterocycles. The normalized spacial score (nSPS) is 11.7. The summed E-state index contributed by atoms with van der Waals surface area (Å²) in [4.78, 5) is 12.5. The lowest BCUT2D eigenvalue weighted by Crippen LogP contribution is -2.32.